The lowest BCUT2D eigenvalue weighted by Crippen LogP contribution is -2.33. The summed E-state index contributed by atoms with van der Waals surface area (Å²) in [4.78, 5) is 14.9. The molecule has 0 N–H and O–H groups in total. The zero-order valence-corrected chi connectivity index (χ0v) is 8.57. The molecule has 0 radical (unpaired) electrons. The molecular formula is C9H10F2N2O3. The third-order valence-corrected chi connectivity index (χ3v) is 2.34. The Balaban J connectivity index is 2.01. The molecule has 1 aromatic rings. The van der Waals surface area contributed by atoms with Gasteiger partial charge in [0.05, 0.1) is 6.61 Å². The number of halogens is 2. The SMILES string of the molecule is CCOC(=O)c1noc(C2CC(F)(F)C2)n1. The van der Waals surface area contributed by atoms with Crippen LogP contribution in [0.15, 0.2) is 4.52 Å². The normalized spacial score (nSPS) is 19.2. The number of nitrogens with zero attached hydrogens (tertiary/aromatic N) is 2. The third kappa shape index (κ3) is 2.02. The minimum Gasteiger partial charge on any atom is -0.460 e. The van der Waals surface area contributed by atoms with Gasteiger partial charge in [0.1, 0.15) is 0 Å². The third-order valence-electron chi connectivity index (χ3n) is 2.34. The molecule has 0 aromatic carbocycles. The average Bonchev–Trinajstić information content (AvgIpc) is 2.62. The number of hydrogen-bond acceptors (Lipinski definition) is 5. The van der Waals surface area contributed by atoms with Crippen LogP contribution in [0.1, 0.15) is 42.2 Å². The molecule has 16 heavy (non-hydrogen) atoms. The Morgan fingerprint density at radius 2 is 2.31 bits per heavy atom. The number of alkyl halides is 2. The van der Waals surface area contributed by atoms with Crippen molar-refractivity contribution in [3.63, 3.8) is 0 Å². The molecule has 0 saturated heterocycles. The molecule has 0 amide bonds. The number of aromatic nitrogens is 2. The van der Waals surface area contributed by atoms with Crippen molar-refractivity contribution >= 4 is 5.97 Å². The van der Waals surface area contributed by atoms with Crippen molar-refractivity contribution in [2.75, 3.05) is 6.61 Å². The van der Waals surface area contributed by atoms with Crippen LogP contribution in [-0.4, -0.2) is 28.6 Å². The van der Waals surface area contributed by atoms with E-state index < -0.39 is 17.8 Å². The molecule has 0 atom stereocenters. The van der Waals surface area contributed by atoms with Crippen LogP contribution >= 0.6 is 0 Å². The van der Waals surface area contributed by atoms with Gasteiger partial charge in [0.25, 0.3) is 5.82 Å². The van der Waals surface area contributed by atoms with Crippen LogP contribution in [0.5, 0.6) is 0 Å². The van der Waals surface area contributed by atoms with Crippen molar-refractivity contribution in [2.24, 2.45) is 0 Å². The summed E-state index contributed by atoms with van der Waals surface area (Å²) in [6.07, 6.45) is -0.616. The van der Waals surface area contributed by atoms with Crippen molar-refractivity contribution in [3.8, 4) is 0 Å². The maximum Gasteiger partial charge on any atom is 0.379 e. The Hall–Kier alpha value is -1.53. The Bertz CT molecular complexity index is 397. The predicted octanol–water partition coefficient (Wildman–Crippen LogP) is 1.76. The molecular weight excluding hydrogens is 222 g/mol. The van der Waals surface area contributed by atoms with E-state index >= 15 is 0 Å². The summed E-state index contributed by atoms with van der Waals surface area (Å²) in [6.45, 7) is 1.84. The Morgan fingerprint density at radius 1 is 1.62 bits per heavy atom. The zero-order valence-electron chi connectivity index (χ0n) is 8.57. The largest absolute Gasteiger partial charge is 0.460 e. The topological polar surface area (TPSA) is 65.2 Å². The molecule has 0 spiro atoms. The van der Waals surface area contributed by atoms with Gasteiger partial charge in [-0.3, -0.25) is 0 Å². The summed E-state index contributed by atoms with van der Waals surface area (Å²) in [5.74, 6) is -3.95. The summed E-state index contributed by atoms with van der Waals surface area (Å²) in [5.41, 5.74) is 0. The first kappa shape index (κ1) is 11.0. The van der Waals surface area contributed by atoms with E-state index in [0.717, 1.165) is 0 Å². The lowest BCUT2D eigenvalue weighted by Gasteiger charge is -2.31. The van der Waals surface area contributed by atoms with Crippen molar-refractivity contribution in [2.45, 2.75) is 31.6 Å². The predicted molar refractivity (Wildman–Crippen MR) is 47.2 cm³/mol. The monoisotopic (exact) mass is 232 g/mol. The highest BCUT2D eigenvalue weighted by atomic mass is 19.3. The summed E-state index contributed by atoms with van der Waals surface area (Å²) in [6, 6.07) is 0. The fourth-order valence-electron chi connectivity index (χ4n) is 1.52. The number of carbonyl (C=O) groups is 1. The van der Waals surface area contributed by atoms with Gasteiger partial charge in [-0.05, 0) is 12.1 Å². The quantitative estimate of drug-likeness (QED) is 0.743. The molecule has 1 heterocycles. The van der Waals surface area contributed by atoms with Gasteiger partial charge in [0.15, 0.2) is 0 Å². The van der Waals surface area contributed by atoms with Crippen LogP contribution < -0.4 is 0 Å². The van der Waals surface area contributed by atoms with Crippen LogP contribution in [0.25, 0.3) is 0 Å². The summed E-state index contributed by atoms with van der Waals surface area (Å²) < 4.78 is 34.5. The van der Waals surface area contributed by atoms with Crippen molar-refractivity contribution < 1.29 is 22.8 Å². The maximum absolute atomic E-state index is 12.6. The Labute approximate surface area is 89.8 Å². The highest BCUT2D eigenvalue weighted by Crippen LogP contribution is 2.47. The van der Waals surface area contributed by atoms with E-state index in [4.69, 9.17) is 4.52 Å². The summed E-state index contributed by atoms with van der Waals surface area (Å²) >= 11 is 0. The van der Waals surface area contributed by atoms with Crippen molar-refractivity contribution in [3.05, 3.63) is 11.7 Å². The zero-order chi connectivity index (χ0) is 11.8. The molecule has 0 unspecified atom stereocenters. The number of ether oxygens (including phenoxy) is 1. The number of rotatable bonds is 3. The van der Waals surface area contributed by atoms with Gasteiger partial charge in [-0.25, -0.2) is 13.6 Å². The van der Waals surface area contributed by atoms with Crippen molar-refractivity contribution in [1.29, 1.82) is 0 Å². The Kier molecular flexibility index (Phi) is 2.61. The minimum atomic E-state index is -2.65. The Morgan fingerprint density at radius 3 is 2.88 bits per heavy atom. The number of esters is 1. The second-order valence-corrected chi connectivity index (χ2v) is 3.64. The molecule has 1 fully saturated rings. The second kappa shape index (κ2) is 3.80. The molecule has 7 heteroatoms. The average molecular weight is 232 g/mol. The van der Waals surface area contributed by atoms with Gasteiger partial charge < -0.3 is 9.26 Å². The molecule has 88 valence electrons. The molecule has 5 nitrogen and oxygen atoms in total. The van der Waals surface area contributed by atoms with Crippen LogP contribution in [0.4, 0.5) is 8.78 Å². The molecule has 0 aliphatic heterocycles. The molecule has 0 bridgehead atoms. The first-order valence-electron chi connectivity index (χ1n) is 4.90. The van der Waals surface area contributed by atoms with E-state index in [0.29, 0.717) is 0 Å². The van der Waals surface area contributed by atoms with Gasteiger partial charge in [-0.2, -0.15) is 4.98 Å². The molecule has 1 aromatic heterocycles. The van der Waals surface area contributed by atoms with Gasteiger partial charge >= 0.3 is 5.97 Å². The van der Waals surface area contributed by atoms with Crippen LogP contribution in [-0.2, 0) is 4.74 Å². The van der Waals surface area contributed by atoms with E-state index in [1.165, 1.54) is 0 Å². The van der Waals surface area contributed by atoms with E-state index in [1.807, 2.05) is 0 Å². The van der Waals surface area contributed by atoms with Gasteiger partial charge in [0.2, 0.25) is 11.8 Å². The van der Waals surface area contributed by atoms with E-state index in [-0.39, 0.29) is 31.2 Å². The first-order valence-corrected chi connectivity index (χ1v) is 4.90. The van der Waals surface area contributed by atoms with Gasteiger partial charge in [0, 0.05) is 18.8 Å². The highest BCUT2D eigenvalue weighted by molar-refractivity contribution is 5.84. The fraction of sp³-hybridized carbons (Fsp3) is 0.667. The molecule has 2 rings (SSSR count). The lowest BCUT2D eigenvalue weighted by atomic mass is 9.81. The van der Waals surface area contributed by atoms with Gasteiger partial charge in [-0.1, -0.05) is 0 Å². The molecule has 1 aliphatic rings. The van der Waals surface area contributed by atoms with Crippen molar-refractivity contribution in [1.82, 2.24) is 10.1 Å². The smallest absolute Gasteiger partial charge is 0.379 e. The van der Waals surface area contributed by atoms with E-state index in [1.54, 1.807) is 6.92 Å². The number of carbonyl (C=O) groups excluding carboxylic acids is 1. The standard InChI is InChI=1S/C9H10F2N2O3/c1-2-15-8(14)6-12-7(16-13-6)5-3-9(10,11)4-5/h5H,2-4H2,1H3. The lowest BCUT2D eigenvalue weighted by molar-refractivity contribution is -0.0925. The van der Waals surface area contributed by atoms with E-state index in [9.17, 15) is 13.6 Å². The maximum atomic E-state index is 12.6. The summed E-state index contributed by atoms with van der Waals surface area (Å²) in [5, 5.41) is 3.38. The van der Waals surface area contributed by atoms with Crippen LogP contribution in [0.2, 0.25) is 0 Å². The van der Waals surface area contributed by atoms with Crippen LogP contribution in [0, 0.1) is 0 Å². The molecule has 1 saturated carbocycles. The van der Waals surface area contributed by atoms with E-state index in [2.05, 4.69) is 14.9 Å². The van der Waals surface area contributed by atoms with Crippen LogP contribution in [0.3, 0.4) is 0 Å². The first-order chi connectivity index (χ1) is 7.52. The number of hydrogen-bond donors (Lipinski definition) is 0. The summed E-state index contributed by atoms with van der Waals surface area (Å²) in [7, 11) is 0. The fourth-order valence-corrected chi connectivity index (χ4v) is 1.52. The minimum absolute atomic E-state index is 0.0778. The molecule has 1 aliphatic carbocycles. The second-order valence-electron chi connectivity index (χ2n) is 3.64. The highest BCUT2D eigenvalue weighted by Gasteiger charge is 2.48. The van der Waals surface area contributed by atoms with Gasteiger partial charge in [-0.15, -0.1) is 0 Å².